The van der Waals surface area contributed by atoms with Crippen molar-refractivity contribution in [3.05, 3.63) is 52.0 Å². The summed E-state index contributed by atoms with van der Waals surface area (Å²) in [4.78, 5) is 14.9. The molecule has 1 aliphatic rings. The average Bonchev–Trinajstić information content (AvgIpc) is 2.57. The first-order valence-electron chi connectivity index (χ1n) is 8.66. The minimum atomic E-state index is -0.152. The first kappa shape index (κ1) is 17.8. The largest absolute Gasteiger partial charge is 0.397 e. The molecule has 1 fully saturated rings. The Morgan fingerprint density at radius 3 is 2.68 bits per heavy atom. The van der Waals surface area contributed by atoms with Gasteiger partial charge in [0.25, 0.3) is 5.91 Å². The number of halogens is 1. The lowest BCUT2D eigenvalue weighted by atomic mass is 9.98. The van der Waals surface area contributed by atoms with Gasteiger partial charge in [0.05, 0.1) is 11.4 Å². The summed E-state index contributed by atoms with van der Waals surface area (Å²) in [6, 6.07) is 11.3. The van der Waals surface area contributed by atoms with Crippen molar-refractivity contribution in [1.29, 1.82) is 0 Å². The molecule has 1 saturated heterocycles. The minimum Gasteiger partial charge on any atom is -0.397 e. The zero-order chi connectivity index (χ0) is 18.0. The van der Waals surface area contributed by atoms with Gasteiger partial charge in [0.1, 0.15) is 0 Å². The molecule has 0 unspecified atom stereocenters. The van der Waals surface area contributed by atoms with Gasteiger partial charge in [-0.25, -0.2) is 0 Å². The van der Waals surface area contributed by atoms with Crippen molar-refractivity contribution in [3.8, 4) is 0 Å². The van der Waals surface area contributed by atoms with Crippen molar-refractivity contribution in [2.24, 2.45) is 5.92 Å². The predicted molar refractivity (Wildman–Crippen MR) is 108 cm³/mol. The summed E-state index contributed by atoms with van der Waals surface area (Å²) < 4.78 is 0.945. The van der Waals surface area contributed by atoms with Crippen LogP contribution in [-0.4, -0.2) is 19.0 Å². The lowest BCUT2D eigenvalue weighted by Crippen LogP contribution is -2.34. The van der Waals surface area contributed by atoms with Gasteiger partial charge in [0.2, 0.25) is 0 Å². The number of nitrogen functional groups attached to an aromatic ring is 1. The molecule has 1 amide bonds. The van der Waals surface area contributed by atoms with Gasteiger partial charge in [0.15, 0.2) is 0 Å². The summed E-state index contributed by atoms with van der Waals surface area (Å²) in [7, 11) is 0. The lowest BCUT2D eigenvalue weighted by Gasteiger charge is -2.34. The number of nitrogens with two attached hydrogens (primary N) is 1. The Hall–Kier alpha value is -2.01. The number of benzene rings is 2. The van der Waals surface area contributed by atoms with Gasteiger partial charge in [-0.05, 0) is 67.6 Å². The van der Waals surface area contributed by atoms with E-state index in [0.29, 0.717) is 22.9 Å². The van der Waals surface area contributed by atoms with E-state index in [2.05, 4.69) is 40.0 Å². The van der Waals surface area contributed by atoms with Gasteiger partial charge in [-0.1, -0.05) is 22.9 Å². The smallest absolute Gasteiger partial charge is 0.255 e. The Morgan fingerprint density at radius 2 is 2.00 bits per heavy atom. The van der Waals surface area contributed by atoms with Crippen molar-refractivity contribution < 1.29 is 4.79 Å². The minimum absolute atomic E-state index is 0.152. The van der Waals surface area contributed by atoms with Crippen LogP contribution in [0.3, 0.4) is 0 Å². The SMILES string of the molecule is Cc1cc(N)c(NC(=O)c2ccc(Br)cc2)cc1N1CCC[C@H](C)C1. The number of rotatable bonds is 3. The predicted octanol–water partition coefficient (Wildman–Crippen LogP) is 4.83. The third kappa shape index (κ3) is 4.15. The molecule has 0 bridgehead atoms. The fraction of sp³-hybridized carbons (Fsp3) is 0.350. The molecule has 0 aromatic heterocycles. The van der Waals surface area contributed by atoms with Gasteiger partial charge in [0, 0.05) is 28.8 Å². The van der Waals surface area contributed by atoms with E-state index in [4.69, 9.17) is 5.73 Å². The zero-order valence-electron chi connectivity index (χ0n) is 14.7. The number of hydrogen-bond acceptors (Lipinski definition) is 3. The summed E-state index contributed by atoms with van der Waals surface area (Å²) in [6.07, 6.45) is 2.48. The average molecular weight is 402 g/mol. The number of carbonyl (C=O) groups excluding carboxylic acids is 1. The van der Waals surface area contributed by atoms with E-state index < -0.39 is 0 Å². The molecule has 1 atom stereocenters. The molecule has 0 saturated carbocycles. The van der Waals surface area contributed by atoms with Crippen LogP contribution in [0.2, 0.25) is 0 Å². The standard InChI is InChI=1S/C20H24BrN3O/c1-13-4-3-9-24(12-13)19-11-18(17(22)10-14(19)2)23-20(25)15-5-7-16(21)8-6-15/h5-8,10-11,13H,3-4,9,12,22H2,1-2H3,(H,23,25)/t13-/m0/s1. The Balaban J connectivity index is 1.84. The van der Waals surface area contributed by atoms with Crippen LogP contribution in [0.1, 0.15) is 35.7 Å². The maximum absolute atomic E-state index is 12.5. The molecule has 132 valence electrons. The van der Waals surface area contributed by atoms with E-state index >= 15 is 0 Å². The Kier molecular flexibility index (Phi) is 5.33. The summed E-state index contributed by atoms with van der Waals surface area (Å²) in [5.41, 5.74) is 10.3. The first-order chi connectivity index (χ1) is 11.9. The van der Waals surface area contributed by atoms with E-state index in [9.17, 15) is 4.79 Å². The van der Waals surface area contributed by atoms with Crippen LogP contribution in [0.5, 0.6) is 0 Å². The van der Waals surface area contributed by atoms with Crippen molar-refractivity contribution in [1.82, 2.24) is 0 Å². The number of carbonyl (C=O) groups is 1. The highest BCUT2D eigenvalue weighted by Gasteiger charge is 2.19. The molecule has 25 heavy (non-hydrogen) atoms. The lowest BCUT2D eigenvalue weighted by molar-refractivity contribution is 0.102. The van der Waals surface area contributed by atoms with Crippen LogP contribution in [0.25, 0.3) is 0 Å². The van der Waals surface area contributed by atoms with Crippen molar-refractivity contribution in [2.75, 3.05) is 29.0 Å². The van der Waals surface area contributed by atoms with Crippen molar-refractivity contribution in [2.45, 2.75) is 26.7 Å². The fourth-order valence-electron chi connectivity index (χ4n) is 3.37. The molecule has 3 rings (SSSR count). The number of nitrogens with one attached hydrogen (secondary N) is 1. The Labute approximate surface area is 157 Å². The van der Waals surface area contributed by atoms with Gasteiger partial charge in [-0.3, -0.25) is 4.79 Å². The van der Waals surface area contributed by atoms with Crippen molar-refractivity contribution in [3.63, 3.8) is 0 Å². The second-order valence-corrected chi connectivity index (χ2v) is 7.80. The Bertz CT molecular complexity index is 773. The van der Waals surface area contributed by atoms with Crippen molar-refractivity contribution >= 4 is 38.9 Å². The van der Waals surface area contributed by atoms with E-state index in [1.807, 2.05) is 24.3 Å². The summed E-state index contributed by atoms with van der Waals surface area (Å²) in [5, 5.41) is 2.96. The number of hydrogen-bond donors (Lipinski definition) is 2. The molecule has 4 nitrogen and oxygen atoms in total. The highest BCUT2D eigenvalue weighted by atomic mass is 79.9. The number of piperidine rings is 1. The van der Waals surface area contributed by atoms with Crippen LogP contribution >= 0.6 is 15.9 Å². The summed E-state index contributed by atoms with van der Waals surface area (Å²) in [5.74, 6) is 0.535. The van der Waals surface area contributed by atoms with Crippen LogP contribution < -0.4 is 16.0 Å². The van der Waals surface area contributed by atoms with Gasteiger partial charge >= 0.3 is 0 Å². The number of amides is 1. The normalized spacial score (nSPS) is 17.4. The van der Waals surface area contributed by atoms with Crippen LogP contribution in [-0.2, 0) is 0 Å². The van der Waals surface area contributed by atoms with Gasteiger partial charge in [-0.15, -0.1) is 0 Å². The van der Waals surface area contributed by atoms with E-state index in [1.165, 1.54) is 12.8 Å². The molecule has 2 aromatic rings. The molecule has 5 heteroatoms. The molecule has 2 aromatic carbocycles. The van der Waals surface area contributed by atoms with E-state index in [0.717, 1.165) is 28.8 Å². The highest BCUT2D eigenvalue weighted by Crippen LogP contribution is 2.32. The second kappa shape index (κ2) is 7.48. The van der Waals surface area contributed by atoms with Crippen LogP contribution in [0.15, 0.2) is 40.9 Å². The van der Waals surface area contributed by atoms with E-state index in [-0.39, 0.29) is 5.91 Å². The molecule has 1 aliphatic heterocycles. The number of anilines is 3. The quantitative estimate of drug-likeness (QED) is 0.724. The highest BCUT2D eigenvalue weighted by molar-refractivity contribution is 9.10. The first-order valence-corrected chi connectivity index (χ1v) is 9.45. The third-order valence-corrected chi connectivity index (χ3v) is 5.25. The molecule has 0 radical (unpaired) electrons. The van der Waals surface area contributed by atoms with Gasteiger partial charge < -0.3 is 16.0 Å². The Morgan fingerprint density at radius 1 is 1.28 bits per heavy atom. The summed E-state index contributed by atoms with van der Waals surface area (Å²) >= 11 is 3.38. The van der Waals surface area contributed by atoms with Gasteiger partial charge in [-0.2, -0.15) is 0 Å². The molecule has 3 N–H and O–H groups in total. The van der Waals surface area contributed by atoms with Crippen LogP contribution in [0.4, 0.5) is 17.1 Å². The van der Waals surface area contributed by atoms with Crippen LogP contribution in [0, 0.1) is 12.8 Å². The molecular formula is C20H24BrN3O. The summed E-state index contributed by atoms with van der Waals surface area (Å²) in [6.45, 7) is 6.46. The topological polar surface area (TPSA) is 58.4 Å². The molecule has 0 spiro atoms. The number of aryl methyl sites for hydroxylation is 1. The molecule has 1 heterocycles. The zero-order valence-corrected chi connectivity index (χ0v) is 16.3. The maximum atomic E-state index is 12.5. The molecule has 0 aliphatic carbocycles. The fourth-order valence-corrected chi connectivity index (χ4v) is 3.64. The molecular weight excluding hydrogens is 378 g/mol. The third-order valence-electron chi connectivity index (χ3n) is 4.72. The maximum Gasteiger partial charge on any atom is 0.255 e. The monoisotopic (exact) mass is 401 g/mol. The number of nitrogens with zero attached hydrogens (tertiary/aromatic N) is 1. The van der Waals surface area contributed by atoms with E-state index in [1.54, 1.807) is 12.1 Å². The second-order valence-electron chi connectivity index (χ2n) is 6.88.